The summed E-state index contributed by atoms with van der Waals surface area (Å²) in [6, 6.07) is 10.6. The minimum Gasteiger partial charge on any atom is -0.375 e. The fourth-order valence-electron chi connectivity index (χ4n) is 1.80. The van der Waals surface area contributed by atoms with E-state index in [2.05, 4.69) is 61.4 Å². The maximum absolute atomic E-state index is 3.48. The molecule has 0 bridgehead atoms. The van der Waals surface area contributed by atoms with Crippen LogP contribution in [-0.2, 0) is 0 Å². The zero-order valence-corrected chi connectivity index (χ0v) is 11.4. The molecule has 1 N–H and O–H groups in total. The molecule has 1 aromatic rings. The predicted molar refractivity (Wildman–Crippen MR) is 76.7 cm³/mol. The summed E-state index contributed by atoms with van der Waals surface area (Å²) in [6.45, 7) is 7.90. The third-order valence-electron chi connectivity index (χ3n) is 2.85. The van der Waals surface area contributed by atoms with Crippen molar-refractivity contribution in [3.63, 3.8) is 0 Å². The number of nitrogens with zero attached hydrogens (tertiary/aromatic N) is 1. The van der Waals surface area contributed by atoms with Crippen LogP contribution in [-0.4, -0.2) is 26.7 Å². The molecule has 96 valence electrons. The molecular weight excluding hydrogens is 208 g/mol. The molecule has 2 nitrogen and oxygen atoms in total. The van der Waals surface area contributed by atoms with Crippen LogP contribution in [0, 0.1) is 5.92 Å². The zero-order valence-electron chi connectivity index (χ0n) is 11.4. The fraction of sp³-hybridized carbons (Fsp3) is 0.600. The molecule has 0 aromatic heterocycles. The summed E-state index contributed by atoms with van der Waals surface area (Å²) in [7, 11) is 2.16. The van der Waals surface area contributed by atoms with Crippen molar-refractivity contribution < 1.29 is 0 Å². The van der Waals surface area contributed by atoms with E-state index in [0.29, 0.717) is 0 Å². The van der Waals surface area contributed by atoms with Gasteiger partial charge < -0.3 is 10.2 Å². The first-order valence-corrected chi connectivity index (χ1v) is 6.67. The average Bonchev–Trinajstić information content (AvgIpc) is 2.34. The normalized spacial score (nSPS) is 10.8. The molecular formula is C15H26N2. The minimum absolute atomic E-state index is 0.752. The van der Waals surface area contributed by atoms with Gasteiger partial charge in [0, 0.05) is 19.3 Å². The highest BCUT2D eigenvalue weighted by Gasteiger charge is 1.99. The highest BCUT2D eigenvalue weighted by Crippen LogP contribution is 2.11. The molecule has 1 rings (SSSR count). The minimum atomic E-state index is 0.752. The van der Waals surface area contributed by atoms with Crippen LogP contribution >= 0.6 is 0 Å². The van der Waals surface area contributed by atoms with E-state index in [0.717, 1.165) is 25.6 Å². The quantitative estimate of drug-likeness (QED) is 0.695. The van der Waals surface area contributed by atoms with Crippen molar-refractivity contribution >= 4 is 5.69 Å². The third-order valence-corrected chi connectivity index (χ3v) is 2.85. The number of rotatable bonds is 8. The van der Waals surface area contributed by atoms with Gasteiger partial charge in [0.05, 0.1) is 0 Å². The molecule has 2 heteroatoms. The standard InChI is InChI=1S/C15H26N2/c1-14(2)13-16-11-7-8-12-17(3)15-9-5-4-6-10-15/h4-6,9-10,14,16H,7-8,11-13H2,1-3H3. The van der Waals surface area contributed by atoms with Crippen molar-refractivity contribution in [2.24, 2.45) is 5.92 Å². The third kappa shape index (κ3) is 6.32. The van der Waals surface area contributed by atoms with E-state index in [4.69, 9.17) is 0 Å². The van der Waals surface area contributed by atoms with E-state index in [1.54, 1.807) is 0 Å². The molecule has 0 aliphatic carbocycles. The first-order valence-electron chi connectivity index (χ1n) is 6.67. The van der Waals surface area contributed by atoms with Gasteiger partial charge in [-0.15, -0.1) is 0 Å². The van der Waals surface area contributed by atoms with Crippen LogP contribution < -0.4 is 10.2 Å². The van der Waals surface area contributed by atoms with Gasteiger partial charge in [-0.1, -0.05) is 32.0 Å². The SMILES string of the molecule is CC(C)CNCCCCN(C)c1ccccc1. The molecule has 0 atom stereocenters. The van der Waals surface area contributed by atoms with Crippen molar-refractivity contribution in [3.8, 4) is 0 Å². The highest BCUT2D eigenvalue weighted by molar-refractivity contribution is 5.44. The van der Waals surface area contributed by atoms with Crippen LogP contribution in [0.15, 0.2) is 30.3 Å². The van der Waals surface area contributed by atoms with E-state index in [9.17, 15) is 0 Å². The number of hydrogen-bond donors (Lipinski definition) is 1. The predicted octanol–water partition coefficient (Wildman–Crippen LogP) is 3.15. The number of para-hydroxylation sites is 1. The Kier molecular flexibility index (Phi) is 6.71. The molecule has 0 unspecified atom stereocenters. The van der Waals surface area contributed by atoms with Crippen molar-refractivity contribution in [1.29, 1.82) is 0 Å². The van der Waals surface area contributed by atoms with Crippen LogP contribution in [0.5, 0.6) is 0 Å². The Morgan fingerprint density at radius 1 is 1.12 bits per heavy atom. The first-order chi connectivity index (χ1) is 8.20. The van der Waals surface area contributed by atoms with Gasteiger partial charge in [-0.3, -0.25) is 0 Å². The van der Waals surface area contributed by atoms with Gasteiger partial charge in [0.25, 0.3) is 0 Å². The van der Waals surface area contributed by atoms with Gasteiger partial charge in [-0.2, -0.15) is 0 Å². The second kappa shape index (κ2) is 8.13. The number of unbranched alkanes of at least 4 members (excludes halogenated alkanes) is 1. The van der Waals surface area contributed by atoms with E-state index >= 15 is 0 Å². The number of nitrogens with one attached hydrogen (secondary N) is 1. The Bertz CT molecular complexity index is 282. The second-order valence-corrected chi connectivity index (χ2v) is 5.06. The van der Waals surface area contributed by atoms with Gasteiger partial charge in [0.1, 0.15) is 0 Å². The lowest BCUT2D eigenvalue weighted by Gasteiger charge is -2.19. The average molecular weight is 234 g/mol. The molecule has 1 aromatic carbocycles. The van der Waals surface area contributed by atoms with Crippen molar-refractivity contribution in [3.05, 3.63) is 30.3 Å². The molecule has 0 heterocycles. The van der Waals surface area contributed by atoms with E-state index in [1.807, 2.05) is 0 Å². The van der Waals surface area contributed by atoms with Crippen LogP contribution in [0.1, 0.15) is 26.7 Å². The summed E-state index contributed by atoms with van der Waals surface area (Å²) < 4.78 is 0. The molecule has 0 aliphatic heterocycles. The topological polar surface area (TPSA) is 15.3 Å². The molecule has 0 radical (unpaired) electrons. The highest BCUT2D eigenvalue weighted by atomic mass is 15.1. The summed E-state index contributed by atoms with van der Waals surface area (Å²) in [6.07, 6.45) is 2.50. The van der Waals surface area contributed by atoms with Crippen LogP contribution in [0.25, 0.3) is 0 Å². The number of hydrogen-bond acceptors (Lipinski definition) is 2. The largest absolute Gasteiger partial charge is 0.375 e. The maximum atomic E-state index is 3.48. The second-order valence-electron chi connectivity index (χ2n) is 5.06. The van der Waals surface area contributed by atoms with E-state index < -0.39 is 0 Å². The molecule has 0 fully saturated rings. The summed E-state index contributed by atoms with van der Waals surface area (Å²) >= 11 is 0. The number of anilines is 1. The molecule has 17 heavy (non-hydrogen) atoms. The molecule has 0 aliphatic rings. The van der Waals surface area contributed by atoms with Gasteiger partial charge >= 0.3 is 0 Å². The Hall–Kier alpha value is -1.02. The lowest BCUT2D eigenvalue weighted by Crippen LogP contribution is -2.23. The molecule has 0 saturated carbocycles. The lowest BCUT2D eigenvalue weighted by molar-refractivity contribution is 0.535. The number of benzene rings is 1. The van der Waals surface area contributed by atoms with Gasteiger partial charge in [0.15, 0.2) is 0 Å². The van der Waals surface area contributed by atoms with E-state index in [1.165, 1.54) is 18.5 Å². The summed E-state index contributed by atoms with van der Waals surface area (Å²) in [4.78, 5) is 2.32. The Balaban J connectivity index is 2.07. The van der Waals surface area contributed by atoms with Crippen LogP contribution in [0.3, 0.4) is 0 Å². The first kappa shape index (κ1) is 14.0. The smallest absolute Gasteiger partial charge is 0.0363 e. The summed E-state index contributed by atoms with van der Waals surface area (Å²) in [5, 5.41) is 3.48. The molecule has 0 spiro atoms. The fourth-order valence-corrected chi connectivity index (χ4v) is 1.80. The molecule has 0 amide bonds. The summed E-state index contributed by atoms with van der Waals surface area (Å²) in [5.74, 6) is 0.752. The van der Waals surface area contributed by atoms with Crippen molar-refractivity contribution in [1.82, 2.24) is 5.32 Å². The van der Waals surface area contributed by atoms with Crippen LogP contribution in [0.2, 0.25) is 0 Å². The summed E-state index contributed by atoms with van der Waals surface area (Å²) in [5.41, 5.74) is 1.31. The Morgan fingerprint density at radius 2 is 1.82 bits per heavy atom. The van der Waals surface area contributed by atoms with Crippen molar-refractivity contribution in [2.75, 3.05) is 31.6 Å². The van der Waals surface area contributed by atoms with Crippen LogP contribution in [0.4, 0.5) is 5.69 Å². The van der Waals surface area contributed by atoms with Gasteiger partial charge in [-0.25, -0.2) is 0 Å². The van der Waals surface area contributed by atoms with Crippen molar-refractivity contribution in [2.45, 2.75) is 26.7 Å². The Labute approximate surface area is 106 Å². The van der Waals surface area contributed by atoms with E-state index in [-0.39, 0.29) is 0 Å². The lowest BCUT2D eigenvalue weighted by atomic mass is 10.2. The maximum Gasteiger partial charge on any atom is 0.0363 e. The monoisotopic (exact) mass is 234 g/mol. The zero-order chi connectivity index (χ0) is 12.5. The molecule has 0 saturated heterocycles. The Morgan fingerprint density at radius 3 is 2.47 bits per heavy atom. The van der Waals surface area contributed by atoms with Gasteiger partial charge in [0.2, 0.25) is 0 Å². The van der Waals surface area contributed by atoms with Gasteiger partial charge in [-0.05, 0) is 44.0 Å².